The fourth-order valence-corrected chi connectivity index (χ4v) is 5.13. The van der Waals surface area contributed by atoms with Crippen molar-refractivity contribution in [1.82, 2.24) is 13.9 Å². The molecule has 2 saturated heterocycles. The molecule has 6 heteroatoms. The maximum atomic E-state index is 13.2. The molecule has 2 aliphatic heterocycles. The van der Waals surface area contributed by atoms with Crippen LogP contribution in [0.25, 0.3) is 0 Å². The maximum Gasteiger partial charge on any atom is 0.282 e. The predicted octanol–water partition coefficient (Wildman–Crippen LogP) is 2.45. The second-order valence-electron chi connectivity index (χ2n) is 8.06. The molecule has 136 valence electrons. The van der Waals surface area contributed by atoms with E-state index in [1.165, 1.54) is 6.42 Å². The zero-order valence-corrected chi connectivity index (χ0v) is 16.1. The normalized spacial score (nSPS) is 26.4. The Morgan fingerprint density at radius 3 is 2.13 bits per heavy atom. The van der Waals surface area contributed by atoms with Crippen LogP contribution in [0.2, 0.25) is 0 Å². The van der Waals surface area contributed by atoms with Crippen LogP contribution in [0.1, 0.15) is 59.8 Å². The molecule has 2 rings (SSSR count). The van der Waals surface area contributed by atoms with Crippen molar-refractivity contribution < 1.29 is 8.42 Å². The van der Waals surface area contributed by atoms with Crippen LogP contribution in [-0.2, 0) is 10.2 Å². The highest BCUT2D eigenvalue weighted by atomic mass is 32.2. The summed E-state index contributed by atoms with van der Waals surface area (Å²) in [6.45, 7) is 11.2. The molecule has 0 spiro atoms. The van der Waals surface area contributed by atoms with Crippen LogP contribution >= 0.6 is 0 Å². The van der Waals surface area contributed by atoms with E-state index in [2.05, 4.69) is 33.0 Å². The molecule has 0 saturated carbocycles. The van der Waals surface area contributed by atoms with Gasteiger partial charge in [0.25, 0.3) is 10.2 Å². The van der Waals surface area contributed by atoms with E-state index in [0.29, 0.717) is 50.1 Å². The van der Waals surface area contributed by atoms with E-state index in [1.54, 1.807) is 8.61 Å². The van der Waals surface area contributed by atoms with E-state index in [0.717, 1.165) is 25.7 Å². The SMILES string of the molecule is CC(C)CCN(CCC(C)C)S(=O)(=O)N1CCC2CCC(C1)N2. The number of hydrogen-bond acceptors (Lipinski definition) is 3. The Morgan fingerprint density at radius 1 is 1.00 bits per heavy atom. The number of fused-ring (bicyclic) bond motifs is 2. The van der Waals surface area contributed by atoms with Crippen molar-refractivity contribution in [3.8, 4) is 0 Å². The molecular weight excluding hydrogens is 310 g/mol. The summed E-state index contributed by atoms with van der Waals surface area (Å²) in [4.78, 5) is 0. The molecule has 0 aromatic carbocycles. The molecule has 0 aliphatic carbocycles. The zero-order chi connectivity index (χ0) is 17.0. The minimum Gasteiger partial charge on any atom is -0.310 e. The average molecular weight is 346 g/mol. The van der Waals surface area contributed by atoms with Crippen LogP contribution in [0, 0.1) is 11.8 Å². The van der Waals surface area contributed by atoms with Crippen molar-refractivity contribution in [2.45, 2.75) is 71.9 Å². The third-order valence-corrected chi connectivity index (χ3v) is 7.05. The summed E-state index contributed by atoms with van der Waals surface area (Å²) in [5, 5.41) is 3.57. The van der Waals surface area contributed by atoms with Crippen molar-refractivity contribution in [3.63, 3.8) is 0 Å². The van der Waals surface area contributed by atoms with Gasteiger partial charge in [-0.05, 0) is 43.9 Å². The van der Waals surface area contributed by atoms with E-state index in [-0.39, 0.29) is 0 Å². The number of rotatable bonds is 8. The van der Waals surface area contributed by atoms with Gasteiger partial charge in [0.1, 0.15) is 0 Å². The smallest absolute Gasteiger partial charge is 0.282 e. The van der Waals surface area contributed by atoms with Crippen molar-refractivity contribution >= 4 is 10.2 Å². The Hall–Kier alpha value is -0.170. The molecule has 5 nitrogen and oxygen atoms in total. The molecular formula is C17H35N3O2S. The van der Waals surface area contributed by atoms with Crippen LogP contribution in [0.5, 0.6) is 0 Å². The fourth-order valence-electron chi connectivity index (χ4n) is 3.43. The number of nitrogens with one attached hydrogen (secondary N) is 1. The molecule has 2 unspecified atom stereocenters. The van der Waals surface area contributed by atoms with E-state index < -0.39 is 10.2 Å². The van der Waals surface area contributed by atoms with Crippen molar-refractivity contribution in [2.24, 2.45) is 11.8 Å². The Bertz CT molecular complexity index is 452. The maximum absolute atomic E-state index is 13.2. The molecule has 2 fully saturated rings. The zero-order valence-electron chi connectivity index (χ0n) is 15.3. The molecule has 0 aromatic heterocycles. The average Bonchev–Trinajstić information content (AvgIpc) is 2.76. The van der Waals surface area contributed by atoms with Crippen LogP contribution in [-0.4, -0.2) is 55.3 Å². The lowest BCUT2D eigenvalue weighted by Gasteiger charge is -2.31. The van der Waals surface area contributed by atoms with Gasteiger partial charge in [0.2, 0.25) is 0 Å². The van der Waals surface area contributed by atoms with Gasteiger partial charge in [-0.25, -0.2) is 0 Å². The molecule has 2 heterocycles. The summed E-state index contributed by atoms with van der Waals surface area (Å²) in [5.41, 5.74) is 0. The third kappa shape index (κ3) is 5.41. The summed E-state index contributed by atoms with van der Waals surface area (Å²) in [5.74, 6) is 1.04. The summed E-state index contributed by atoms with van der Waals surface area (Å²) >= 11 is 0. The predicted molar refractivity (Wildman–Crippen MR) is 95.5 cm³/mol. The summed E-state index contributed by atoms with van der Waals surface area (Å²) in [7, 11) is -3.33. The van der Waals surface area contributed by atoms with E-state index in [4.69, 9.17) is 0 Å². The van der Waals surface area contributed by atoms with Gasteiger partial charge in [0.05, 0.1) is 0 Å². The molecule has 1 N–H and O–H groups in total. The van der Waals surface area contributed by atoms with E-state index in [9.17, 15) is 8.42 Å². The van der Waals surface area contributed by atoms with Gasteiger partial charge in [0, 0.05) is 38.3 Å². The molecule has 2 aliphatic rings. The molecule has 23 heavy (non-hydrogen) atoms. The summed E-state index contributed by atoms with van der Waals surface area (Å²) in [6.07, 6.45) is 5.10. The van der Waals surface area contributed by atoms with E-state index in [1.807, 2.05) is 0 Å². The molecule has 0 radical (unpaired) electrons. The van der Waals surface area contributed by atoms with Gasteiger partial charge in [-0.15, -0.1) is 0 Å². The Labute approximate surface area is 143 Å². The molecule has 0 aromatic rings. The molecule has 0 amide bonds. The summed E-state index contributed by atoms with van der Waals surface area (Å²) in [6, 6.07) is 0.856. The van der Waals surface area contributed by atoms with Gasteiger partial charge in [-0.1, -0.05) is 27.7 Å². The quantitative estimate of drug-likeness (QED) is 0.735. The van der Waals surface area contributed by atoms with Crippen molar-refractivity contribution in [1.29, 1.82) is 0 Å². The first-order valence-electron chi connectivity index (χ1n) is 9.30. The Kier molecular flexibility index (Phi) is 6.89. The minimum absolute atomic E-state index is 0.342. The monoisotopic (exact) mass is 345 g/mol. The first-order valence-corrected chi connectivity index (χ1v) is 10.7. The van der Waals surface area contributed by atoms with Gasteiger partial charge in [-0.2, -0.15) is 17.0 Å². The number of nitrogens with zero attached hydrogens (tertiary/aromatic N) is 2. The van der Waals surface area contributed by atoms with Crippen molar-refractivity contribution in [2.75, 3.05) is 26.2 Å². The highest BCUT2D eigenvalue weighted by molar-refractivity contribution is 7.86. The first-order chi connectivity index (χ1) is 10.8. The lowest BCUT2D eigenvalue weighted by Crippen LogP contribution is -2.48. The lowest BCUT2D eigenvalue weighted by atomic mass is 10.1. The highest BCUT2D eigenvalue weighted by Gasteiger charge is 2.36. The topological polar surface area (TPSA) is 52.7 Å². The molecule has 2 bridgehead atoms. The van der Waals surface area contributed by atoms with Crippen LogP contribution in [0.4, 0.5) is 0 Å². The Balaban J connectivity index is 2.06. The van der Waals surface area contributed by atoms with Gasteiger partial charge in [0.15, 0.2) is 0 Å². The Morgan fingerprint density at radius 2 is 1.57 bits per heavy atom. The number of hydrogen-bond donors (Lipinski definition) is 1. The van der Waals surface area contributed by atoms with E-state index >= 15 is 0 Å². The van der Waals surface area contributed by atoms with Crippen LogP contribution in [0.15, 0.2) is 0 Å². The summed E-state index contributed by atoms with van der Waals surface area (Å²) < 4.78 is 29.8. The van der Waals surface area contributed by atoms with Crippen LogP contribution < -0.4 is 5.32 Å². The van der Waals surface area contributed by atoms with Gasteiger partial charge < -0.3 is 5.32 Å². The van der Waals surface area contributed by atoms with Gasteiger partial charge >= 0.3 is 0 Å². The standard InChI is InChI=1S/C17H35N3O2S/c1-14(2)7-10-19(11-8-15(3)4)23(21,22)20-12-9-16-5-6-17(13-20)18-16/h14-18H,5-13H2,1-4H3. The highest BCUT2D eigenvalue weighted by Crippen LogP contribution is 2.24. The largest absolute Gasteiger partial charge is 0.310 e. The second kappa shape index (κ2) is 8.28. The third-order valence-electron chi connectivity index (χ3n) is 5.05. The molecule has 2 atom stereocenters. The first kappa shape index (κ1) is 19.2. The second-order valence-corrected chi connectivity index (χ2v) is 9.98. The minimum atomic E-state index is -3.33. The van der Waals surface area contributed by atoms with Crippen LogP contribution in [0.3, 0.4) is 0 Å². The fraction of sp³-hybridized carbons (Fsp3) is 1.00. The van der Waals surface area contributed by atoms with Crippen molar-refractivity contribution in [3.05, 3.63) is 0 Å². The van der Waals surface area contributed by atoms with Gasteiger partial charge in [-0.3, -0.25) is 0 Å². The lowest BCUT2D eigenvalue weighted by molar-refractivity contribution is 0.303.